The van der Waals surface area contributed by atoms with Gasteiger partial charge < -0.3 is 4.74 Å². The second kappa shape index (κ2) is 5.58. The molecule has 0 radical (unpaired) electrons. The standard InChI is InChI=1S/C17H17NO/c1-17(2,13-18)12-14-8-10-16(11-9-14)19-15-6-4-3-5-7-15/h3-11H,12H2,1-2H3. The van der Waals surface area contributed by atoms with Gasteiger partial charge in [-0.1, -0.05) is 30.3 Å². The van der Waals surface area contributed by atoms with E-state index in [-0.39, 0.29) is 5.41 Å². The van der Waals surface area contributed by atoms with E-state index in [9.17, 15) is 0 Å². The lowest BCUT2D eigenvalue weighted by Gasteiger charge is -2.15. The highest BCUT2D eigenvalue weighted by Gasteiger charge is 2.17. The third-order valence-corrected chi connectivity index (χ3v) is 2.85. The second-order valence-electron chi connectivity index (χ2n) is 5.23. The molecule has 0 N–H and O–H groups in total. The van der Waals surface area contributed by atoms with E-state index in [0.717, 1.165) is 23.5 Å². The van der Waals surface area contributed by atoms with E-state index in [1.165, 1.54) is 0 Å². The molecule has 2 nitrogen and oxygen atoms in total. The Morgan fingerprint density at radius 1 is 0.947 bits per heavy atom. The number of ether oxygens (including phenoxy) is 1. The molecule has 2 aromatic carbocycles. The third-order valence-electron chi connectivity index (χ3n) is 2.85. The number of rotatable bonds is 4. The van der Waals surface area contributed by atoms with Crippen molar-refractivity contribution in [3.63, 3.8) is 0 Å². The molecule has 2 heteroatoms. The Kier molecular flexibility index (Phi) is 3.87. The van der Waals surface area contributed by atoms with Crippen molar-refractivity contribution < 1.29 is 4.74 Å². The number of hydrogen-bond acceptors (Lipinski definition) is 2. The van der Waals surface area contributed by atoms with Crippen molar-refractivity contribution in [2.24, 2.45) is 5.41 Å². The number of nitriles is 1. The first kappa shape index (κ1) is 13.2. The van der Waals surface area contributed by atoms with E-state index >= 15 is 0 Å². The largest absolute Gasteiger partial charge is 0.457 e. The van der Waals surface area contributed by atoms with E-state index in [4.69, 9.17) is 10.00 Å². The number of nitrogens with zero attached hydrogens (tertiary/aromatic N) is 1. The van der Waals surface area contributed by atoms with Crippen LogP contribution in [0, 0.1) is 16.7 Å². The molecular weight excluding hydrogens is 234 g/mol. The van der Waals surface area contributed by atoms with Crippen molar-refractivity contribution in [3.05, 3.63) is 60.2 Å². The van der Waals surface area contributed by atoms with Crippen molar-refractivity contribution in [1.29, 1.82) is 5.26 Å². The molecule has 0 spiro atoms. The highest BCUT2D eigenvalue weighted by Crippen LogP contribution is 2.24. The molecule has 0 saturated carbocycles. The smallest absolute Gasteiger partial charge is 0.127 e. The Balaban J connectivity index is 2.05. The number of benzene rings is 2. The molecule has 0 heterocycles. The molecule has 19 heavy (non-hydrogen) atoms. The van der Waals surface area contributed by atoms with Gasteiger partial charge in [0.2, 0.25) is 0 Å². The van der Waals surface area contributed by atoms with E-state index in [2.05, 4.69) is 6.07 Å². The summed E-state index contributed by atoms with van der Waals surface area (Å²) in [7, 11) is 0. The lowest BCUT2D eigenvalue weighted by atomic mass is 9.87. The number of para-hydroxylation sites is 1. The molecular formula is C17H17NO. The van der Waals surface area contributed by atoms with Crippen LogP contribution >= 0.6 is 0 Å². The van der Waals surface area contributed by atoms with Crippen molar-refractivity contribution in [3.8, 4) is 17.6 Å². The maximum Gasteiger partial charge on any atom is 0.127 e. The van der Waals surface area contributed by atoms with Crippen LogP contribution in [0.2, 0.25) is 0 Å². The monoisotopic (exact) mass is 251 g/mol. The molecule has 0 unspecified atom stereocenters. The zero-order chi connectivity index (χ0) is 13.7. The van der Waals surface area contributed by atoms with Gasteiger partial charge in [0.05, 0.1) is 11.5 Å². The van der Waals surface area contributed by atoms with Crippen LogP contribution in [0.5, 0.6) is 11.5 Å². The van der Waals surface area contributed by atoms with Crippen molar-refractivity contribution in [1.82, 2.24) is 0 Å². The molecule has 0 fully saturated rings. The van der Waals surface area contributed by atoms with Gasteiger partial charge in [-0.3, -0.25) is 0 Å². The van der Waals surface area contributed by atoms with Gasteiger partial charge in [-0.2, -0.15) is 5.26 Å². The molecule has 0 aliphatic rings. The summed E-state index contributed by atoms with van der Waals surface area (Å²) in [6.45, 7) is 3.89. The van der Waals surface area contributed by atoms with E-state index < -0.39 is 0 Å². The van der Waals surface area contributed by atoms with Crippen LogP contribution < -0.4 is 4.74 Å². The van der Waals surface area contributed by atoms with E-state index in [0.29, 0.717) is 0 Å². The van der Waals surface area contributed by atoms with Gasteiger partial charge in [-0.15, -0.1) is 0 Å². The fraction of sp³-hybridized carbons (Fsp3) is 0.235. The normalized spacial score (nSPS) is 10.8. The van der Waals surface area contributed by atoms with Crippen molar-refractivity contribution in [2.45, 2.75) is 20.3 Å². The minimum atomic E-state index is -0.332. The fourth-order valence-corrected chi connectivity index (χ4v) is 1.85. The van der Waals surface area contributed by atoms with Crippen molar-refractivity contribution >= 4 is 0 Å². The van der Waals surface area contributed by atoms with Gasteiger partial charge in [0.15, 0.2) is 0 Å². The third kappa shape index (κ3) is 3.86. The van der Waals surface area contributed by atoms with Gasteiger partial charge >= 0.3 is 0 Å². The molecule has 0 atom stereocenters. The highest BCUT2D eigenvalue weighted by molar-refractivity contribution is 5.33. The fourth-order valence-electron chi connectivity index (χ4n) is 1.85. The van der Waals surface area contributed by atoms with Gasteiger partial charge in [0.1, 0.15) is 11.5 Å². The summed E-state index contributed by atoms with van der Waals surface area (Å²) in [5.74, 6) is 1.64. The maximum absolute atomic E-state index is 9.03. The Labute approximate surface area is 114 Å². The summed E-state index contributed by atoms with van der Waals surface area (Å²) < 4.78 is 5.72. The van der Waals surface area contributed by atoms with Crippen molar-refractivity contribution in [2.75, 3.05) is 0 Å². The summed E-state index contributed by atoms with van der Waals surface area (Å²) in [4.78, 5) is 0. The summed E-state index contributed by atoms with van der Waals surface area (Å²) >= 11 is 0. The number of hydrogen-bond donors (Lipinski definition) is 0. The van der Waals surface area contributed by atoms with Crippen LogP contribution in [0.15, 0.2) is 54.6 Å². The Bertz CT molecular complexity index is 564. The van der Waals surface area contributed by atoms with E-state index in [1.807, 2.05) is 68.4 Å². The molecule has 0 saturated heterocycles. The zero-order valence-electron chi connectivity index (χ0n) is 11.3. The lowest BCUT2D eigenvalue weighted by Crippen LogP contribution is -2.11. The summed E-state index contributed by atoms with van der Waals surface area (Å²) in [6, 6.07) is 19.9. The summed E-state index contributed by atoms with van der Waals surface area (Å²) in [6.07, 6.45) is 0.745. The van der Waals surface area contributed by atoms with Crippen LogP contribution in [0.4, 0.5) is 0 Å². The first-order valence-corrected chi connectivity index (χ1v) is 6.32. The van der Waals surface area contributed by atoms with Crippen LogP contribution in [0.3, 0.4) is 0 Å². The molecule has 0 aliphatic carbocycles. The topological polar surface area (TPSA) is 33.0 Å². The van der Waals surface area contributed by atoms with Crippen LogP contribution in [-0.2, 0) is 6.42 Å². The maximum atomic E-state index is 9.03. The Hall–Kier alpha value is -2.27. The molecule has 2 rings (SSSR count). The van der Waals surface area contributed by atoms with Gasteiger partial charge in [-0.25, -0.2) is 0 Å². The molecule has 0 amide bonds. The van der Waals surface area contributed by atoms with Crippen LogP contribution in [0.25, 0.3) is 0 Å². The van der Waals surface area contributed by atoms with Gasteiger partial charge in [-0.05, 0) is 50.1 Å². The molecule has 0 aliphatic heterocycles. The minimum absolute atomic E-state index is 0.332. The first-order valence-electron chi connectivity index (χ1n) is 6.32. The molecule has 96 valence electrons. The SMILES string of the molecule is CC(C)(C#N)Cc1ccc(Oc2ccccc2)cc1. The predicted molar refractivity (Wildman–Crippen MR) is 76.1 cm³/mol. The summed E-state index contributed by atoms with van der Waals surface area (Å²) in [5.41, 5.74) is 0.814. The molecule has 2 aromatic rings. The minimum Gasteiger partial charge on any atom is -0.457 e. The van der Waals surface area contributed by atoms with Gasteiger partial charge in [0.25, 0.3) is 0 Å². The summed E-state index contributed by atoms with van der Waals surface area (Å²) in [5, 5.41) is 9.03. The lowest BCUT2D eigenvalue weighted by molar-refractivity contribution is 0.478. The Morgan fingerprint density at radius 3 is 2.11 bits per heavy atom. The average molecular weight is 251 g/mol. The van der Waals surface area contributed by atoms with Crippen LogP contribution in [0.1, 0.15) is 19.4 Å². The second-order valence-corrected chi connectivity index (χ2v) is 5.23. The molecule has 0 bridgehead atoms. The quantitative estimate of drug-likeness (QED) is 0.797. The van der Waals surface area contributed by atoms with Crippen LogP contribution in [-0.4, -0.2) is 0 Å². The Morgan fingerprint density at radius 2 is 1.53 bits per heavy atom. The van der Waals surface area contributed by atoms with Gasteiger partial charge in [0, 0.05) is 0 Å². The molecule has 0 aromatic heterocycles. The zero-order valence-corrected chi connectivity index (χ0v) is 11.3. The average Bonchev–Trinajstić information content (AvgIpc) is 2.42. The van der Waals surface area contributed by atoms with E-state index in [1.54, 1.807) is 0 Å². The first-order chi connectivity index (χ1) is 9.09. The predicted octanol–water partition coefficient (Wildman–Crippen LogP) is 4.57. The highest BCUT2D eigenvalue weighted by atomic mass is 16.5.